The summed E-state index contributed by atoms with van der Waals surface area (Å²) in [6.45, 7) is 2.64. The fourth-order valence-corrected chi connectivity index (χ4v) is 3.34. The summed E-state index contributed by atoms with van der Waals surface area (Å²) in [4.78, 5) is 16.3. The summed E-state index contributed by atoms with van der Waals surface area (Å²) >= 11 is 1.74. The van der Waals surface area contributed by atoms with Crippen LogP contribution in [0.5, 0.6) is 0 Å². The molecule has 2 N–H and O–H groups in total. The maximum absolute atomic E-state index is 10.7. The molecule has 1 heterocycles. The summed E-state index contributed by atoms with van der Waals surface area (Å²) in [6.07, 6.45) is 3.32. The molecule has 3 rings (SSSR count). The van der Waals surface area contributed by atoms with E-state index in [2.05, 4.69) is 40.1 Å². The van der Waals surface area contributed by atoms with Crippen molar-refractivity contribution in [3.8, 4) is 0 Å². The van der Waals surface area contributed by atoms with Gasteiger partial charge >= 0.3 is 0 Å². The summed E-state index contributed by atoms with van der Waals surface area (Å²) in [5.41, 5.74) is 1.05. The number of rotatable bonds is 7. The van der Waals surface area contributed by atoms with Gasteiger partial charge in [0.15, 0.2) is 5.96 Å². The number of nitrogens with one attached hydrogen (secondary N) is 2. The highest BCUT2D eigenvalue weighted by molar-refractivity contribution is 14.0. The number of hydrogen-bond donors (Lipinski definition) is 2. The predicted octanol–water partition coefficient (Wildman–Crippen LogP) is 4.62. The van der Waals surface area contributed by atoms with Crippen LogP contribution in [0.1, 0.15) is 42.7 Å². The van der Waals surface area contributed by atoms with Crippen molar-refractivity contribution in [2.45, 2.75) is 44.8 Å². The molecule has 0 aliphatic heterocycles. The predicted molar refractivity (Wildman–Crippen MR) is 116 cm³/mol. The van der Waals surface area contributed by atoms with Crippen LogP contribution in [-0.2, 0) is 6.54 Å². The van der Waals surface area contributed by atoms with Crippen molar-refractivity contribution in [3.63, 3.8) is 0 Å². The summed E-state index contributed by atoms with van der Waals surface area (Å²) in [6, 6.07) is 11.5. The largest absolute Gasteiger partial charge is 0.354 e. The summed E-state index contributed by atoms with van der Waals surface area (Å²) in [7, 11) is 0. The molecular formula is C18H23IN4O2S. The van der Waals surface area contributed by atoms with Gasteiger partial charge in [0.25, 0.3) is 5.69 Å². The SMILES string of the molecule is CCC(NC(=NCc1ccc([N+](=O)[O-])cc1)NC1CC1)c1cccs1.I. The lowest BCUT2D eigenvalue weighted by Gasteiger charge is -2.19. The lowest BCUT2D eigenvalue weighted by molar-refractivity contribution is -0.384. The number of thiophene rings is 1. The van der Waals surface area contributed by atoms with Gasteiger partial charge in [-0.05, 0) is 36.3 Å². The van der Waals surface area contributed by atoms with E-state index in [1.165, 1.54) is 29.9 Å². The van der Waals surface area contributed by atoms with Crippen molar-refractivity contribution >= 4 is 47.0 Å². The Kier molecular flexibility index (Phi) is 7.83. The Bertz CT molecular complexity index is 730. The molecule has 0 radical (unpaired) electrons. The number of nitro groups is 1. The smallest absolute Gasteiger partial charge is 0.269 e. The number of nitro benzene ring substituents is 1. The second-order valence-electron chi connectivity index (χ2n) is 6.13. The van der Waals surface area contributed by atoms with Gasteiger partial charge < -0.3 is 10.6 Å². The Balaban J connectivity index is 0.00000243. The zero-order valence-electron chi connectivity index (χ0n) is 14.6. The normalized spacial score (nSPS) is 15.0. The van der Waals surface area contributed by atoms with Crippen molar-refractivity contribution in [1.29, 1.82) is 0 Å². The topological polar surface area (TPSA) is 79.6 Å². The molecule has 8 heteroatoms. The standard InChI is InChI=1S/C18H22N4O2S.HI/c1-2-16(17-4-3-11-25-17)21-18(20-14-7-8-14)19-12-13-5-9-15(10-6-13)22(23)24;/h3-6,9-11,14,16H,2,7-8,12H2,1H3,(H2,19,20,21);1H. The molecule has 0 spiro atoms. The van der Waals surface area contributed by atoms with Crippen LogP contribution in [0.4, 0.5) is 5.69 Å². The lowest BCUT2D eigenvalue weighted by Crippen LogP contribution is -2.40. The molecule has 0 amide bonds. The molecule has 26 heavy (non-hydrogen) atoms. The number of non-ortho nitro benzene ring substituents is 1. The van der Waals surface area contributed by atoms with Gasteiger partial charge in [-0.15, -0.1) is 35.3 Å². The van der Waals surface area contributed by atoms with Gasteiger partial charge in [-0.1, -0.05) is 25.1 Å². The molecule has 2 aromatic rings. The van der Waals surface area contributed by atoms with Crippen molar-refractivity contribution in [2.75, 3.05) is 0 Å². The minimum absolute atomic E-state index is 0. The number of benzene rings is 1. The van der Waals surface area contributed by atoms with Gasteiger partial charge in [0, 0.05) is 23.1 Å². The molecule has 6 nitrogen and oxygen atoms in total. The monoisotopic (exact) mass is 486 g/mol. The summed E-state index contributed by atoms with van der Waals surface area (Å²) in [5.74, 6) is 0.807. The van der Waals surface area contributed by atoms with E-state index in [1.54, 1.807) is 23.5 Å². The molecule has 1 saturated carbocycles. The Morgan fingerprint density at radius 2 is 2.08 bits per heavy atom. The molecule has 1 aromatic heterocycles. The maximum atomic E-state index is 10.7. The van der Waals surface area contributed by atoms with Gasteiger partial charge in [0.2, 0.25) is 0 Å². The van der Waals surface area contributed by atoms with Crippen molar-refractivity contribution < 1.29 is 4.92 Å². The molecule has 140 valence electrons. The van der Waals surface area contributed by atoms with Crippen LogP contribution in [0, 0.1) is 10.1 Å². The average Bonchev–Trinajstić information content (AvgIpc) is 3.27. The maximum Gasteiger partial charge on any atom is 0.269 e. The fraction of sp³-hybridized carbons (Fsp3) is 0.389. The minimum Gasteiger partial charge on any atom is -0.354 e. The highest BCUT2D eigenvalue weighted by Gasteiger charge is 2.23. The van der Waals surface area contributed by atoms with Crippen molar-refractivity contribution in [1.82, 2.24) is 10.6 Å². The molecule has 1 fully saturated rings. The third-order valence-electron chi connectivity index (χ3n) is 4.09. The first-order valence-corrected chi connectivity index (χ1v) is 9.38. The van der Waals surface area contributed by atoms with Crippen molar-refractivity contribution in [2.24, 2.45) is 4.99 Å². The van der Waals surface area contributed by atoms with Crippen LogP contribution in [0.3, 0.4) is 0 Å². The highest BCUT2D eigenvalue weighted by atomic mass is 127. The van der Waals surface area contributed by atoms with Gasteiger partial charge in [-0.3, -0.25) is 10.1 Å². The third-order valence-corrected chi connectivity index (χ3v) is 5.08. The molecular weight excluding hydrogens is 463 g/mol. The van der Waals surface area contributed by atoms with Gasteiger partial charge in [0.05, 0.1) is 17.5 Å². The lowest BCUT2D eigenvalue weighted by atomic mass is 10.2. The quantitative estimate of drug-likeness (QED) is 0.197. The van der Waals surface area contributed by atoms with E-state index in [0.717, 1.165) is 17.9 Å². The molecule has 1 unspecified atom stereocenters. The van der Waals surface area contributed by atoms with Crippen LogP contribution in [-0.4, -0.2) is 16.9 Å². The van der Waals surface area contributed by atoms with E-state index < -0.39 is 0 Å². The van der Waals surface area contributed by atoms with Crippen molar-refractivity contribution in [3.05, 3.63) is 62.3 Å². The zero-order valence-corrected chi connectivity index (χ0v) is 17.7. The number of aliphatic imine (C=N–C) groups is 1. The second kappa shape index (κ2) is 9.86. The number of guanidine groups is 1. The number of nitrogens with zero attached hydrogens (tertiary/aromatic N) is 2. The number of halogens is 1. The second-order valence-corrected chi connectivity index (χ2v) is 7.11. The molecule has 1 atom stereocenters. The van der Waals surface area contributed by atoms with Crippen LogP contribution < -0.4 is 10.6 Å². The zero-order chi connectivity index (χ0) is 17.6. The van der Waals surface area contributed by atoms with Crippen LogP contribution in [0.25, 0.3) is 0 Å². The summed E-state index contributed by atoms with van der Waals surface area (Å²) in [5, 5.41) is 19.8. The molecule has 1 aliphatic carbocycles. The van der Waals surface area contributed by atoms with Gasteiger partial charge in [-0.2, -0.15) is 0 Å². The van der Waals surface area contributed by atoms with E-state index in [1.807, 2.05) is 0 Å². The van der Waals surface area contributed by atoms with E-state index in [4.69, 9.17) is 0 Å². The van der Waals surface area contributed by atoms with Crippen LogP contribution in [0.2, 0.25) is 0 Å². The summed E-state index contributed by atoms with van der Waals surface area (Å²) < 4.78 is 0. The molecule has 0 bridgehead atoms. The highest BCUT2D eigenvalue weighted by Crippen LogP contribution is 2.23. The first-order chi connectivity index (χ1) is 12.2. The Labute approximate surface area is 174 Å². The molecule has 0 saturated heterocycles. The van der Waals surface area contributed by atoms with Crippen LogP contribution >= 0.6 is 35.3 Å². The third kappa shape index (κ3) is 5.94. The van der Waals surface area contributed by atoms with E-state index in [9.17, 15) is 10.1 Å². The minimum atomic E-state index is -0.387. The van der Waals surface area contributed by atoms with E-state index in [0.29, 0.717) is 12.6 Å². The average molecular weight is 486 g/mol. The molecule has 1 aromatic carbocycles. The Morgan fingerprint density at radius 1 is 1.35 bits per heavy atom. The van der Waals surface area contributed by atoms with Crippen LogP contribution in [0.15, 0.2) is 46.8 Å². The first-order valence-electron chi connectivity index (χ1n) is 8.50. The fourth-order valence-electron chi connectivity index (χ4n) is 2.48. The Hall–Kier alpha value is -1.68. The van der Waals surface area contributed by atoms with Gasteiger partial charge in [0.1, 0.15) is 0 Å². The van der Waals surface area contributed by atoms with E-state index >= 15 is 0 Å². The van der Waals surface area contributed by atoms with Gasteiger partial charge in [-0.25, -0.2) is 4.99 Å². The van der Waals surface area contributed by atoms with E-state index in [-0.39, 0.29) is 40.6 Å². The number of hydrogen-bond acceptors (Lipinski definition) is 4. The first kappa shape index (κ1) is 20.6. The Morgan fingerprint density at radius 3 is 2.62 bits per heavy atom. The molecule has 1 aliphatic rings.